The number of ether oxygens (including phenoxy) is 3. The molecule has 0 aromatic heterocycles. The molecule has 1 aliphatic heterocycles. The van der Waals surface area contributed by atoms with Gasteiger partial charge in [-0.3, -0.25) is 4.79 Å². The lowest BCUT2D eigenvalue weighted by atomic mass is 10.1. The number of carbonyl (C=O) groups excluding carboxylic acids is 1. The van der Waals surface area contributed by atoms with Gasteiger partial charge in [-0.2, -0.15) is 0 Å². The number of hydrogen-bond donors (Lipinski definition) is 1. The molecule has 0 fully saturated rings. The van der Waals surface area contributed by atoms with Gasteiger partial charge in [0.1, 0.15) is 19.0 Å². The smallest absolute Gasteiger partial charge is 0.223 e. The van der Waals surface area contributed by atoms with E-state index in [1.54, 1.807) is 0 Å². The van der Waals surface area contributed by atoms with E-state index in [1.165, 1.54) is 0 Å². The summed E-state index contributed by atoms with van der Waals surface area (Å²) in [6, 6.07) is 15.1. The van der Waals surface area contributed by atoms with Crippen LogP contribution in [0.2, 0.25) is 0 Å². The second kappa shape index (κ2) is 7.73. The summed E-state index contributed by atoms with van der Waals surface area (Å²) in [5, 5.41) is 2.97. The van der Waals surface area contributed by atoms with Crippen molar-refractivity contribution in [2.24, 2.45) is 0 Å². The van der Waals surface area contributed by atoms with E-state index in [1.807, 2.05) is 55.5 Å². The van der Waals surface area contributed by atoms with Gasteiger partial charge in [-0.05, 0) is 36.8 Å². The van der Waals surface area contributed by atoms with Gasteiger partial charge in [0.15, 0.2) is 11.5 Å². The van der Waals surface area contributed by atoms with E-state index in [2.05, 4.69) is 5.32 Å². The number of rotatable bonds is 6. The molecule has 0 spiro atoms. The van der Waals surface area contributed by atoms with Crippen molar-refractivity contribution in [1.82, 2.24) is 5.32 Å². The first-order valence-corrected chi connectivity index (χ1v) is 8.09. The van der Waals surface area contributed by atoms with E-state index in [0.717, 1.165) is 22.8 Å². The lowest BCUT2D eigenvalue weighted by Crippen LogP contribution is -2.28. The molecule has 1 unspecified atom stereocenters. The minimum absolute atomic E-state index is 0.0479. The summed E-state index contributed by atoms with van der Waals surface area (Å²) in [6.45, 7) is 3.42. The van der Waals surface area contributed by atoms with Crippen LogP contribution < -0.4 is 19.5 Å². The Labute approximate surface area is 141 Å². The van der Waals surface area contributed by atoms with Crippen molar-refractivity contribution < 1.29 is 19.0 Å². The van der Waals surface area contributed by atoms with Crippen molar-refractivity contribution in [2.75, 3.05) is 19.8 Å². The molecule has 1 amide bonds. The highest BCUT2D eigenvalue weighted by Gasteiger charge is 2.15. The van der Waals surface area contributed by atoms with Crippen LogP contribution in [0.15, 0.2) is 48.5 Å². The molecule has 2 aromatic rings. The van der Waals surface area contributed by atoms with Gasteiger partial charge in [-0.1, -0.05) is 24.3 Å². The third-order valence-corrected chi connectivity index (χ3v) is 3.78. The maximum absolute atomic E-state index is 12.1. The quantitative estimate of drug-likeness (QED) is 0.886. The molecular formula is C19H21NO4. The normalized spacial score (nSPS) is 13.9. The number of hydrogen-bond acceptors (Lipinski definition) is 4. The molecule has 0 radical (unpaired) electrons. The van der Waals surface area contributed by atoms with Crippen molar-refractivity contribution >= 4 is 5.91 Å². The predicted molar refractivity (Wildman–Crippen MR) is 90.5 cm³/mol. The van der Waals surface area contributed by atoms with E-state index in [9.17, 15) is 4.79 Å². The van der Waals surface area contributed by atoms with Crippen LogP contribution in [0.25, 0.3) is 0 Å². The maximum Gasteiger partial charge on any atom is 0.223 e. The summed E-state index contributed by atoms with van der Waals surface area (Å²) in [5.41, 5.74) is 0.983. The van der Waals surface area contributed by atoms with Crippen LogP contribution >= 0.6 is 0 Å². The maximum atomic E-state index is 12.1. The summed E-state index contributed by atoms with van der Waals surface area (Å²) in [6.07, 6.45) is 0.309. The van der Waals surface area contributed by atoms with Gasteiger partial charge in [0.2, 0.25) is 5.91 Å². The summed E-state index contributed by atoms with van der Waals surface area (Å²) in [4.78, 5) is 12.1. The molecule has 5 heteroatoms. The van der Waals surface area contributed by atoms with Crippen LogP contribution in [0.4, 0.5) is 0 Å². The molecule has 1 N–H and O–H groups in total. The minimum Gasteiger partial charge on any atom is -0.493 e. The van der Waals surface area contributed by atoms with E-state index < -0.39 is 0 Å². The van der Waals surface area contributed by atoms with Gasteiger partial charge < -0.3 is 19.5 Å². The first-order valence-electron chi connectivity index (χ1n) is 8.09. The highest BCUT2D eigenvalue weighted by atomic mass is 16.6. The number of amides is 1. The van der Waals surface area contributed by atoms with Gasteiger partial charge in [-0.15, -0.1) is 0 Å². The number of fused-ring (bicyclic) bond motifs is 1. The van der Waals surface area contributed by atoms with E-state index in [4.69, 9.17) is 14.2 Å². The Balaban J connectivity index is 1.49. The SMILES string of the molecule is CC(NC(=O)CCOc1ccccc1)c1ccc2c(c1)OCCO2. The zero-order chi connectivity index (χ0) is 16.8. The Kier molecular flexibility index (Phi) is 5.21. The van der Waals surface area contributed by atoms with Gasteiger partial charge >= 0.3 is 0 Å². The van der Waals surface area contributed by atoms with Crippen molar-refractivity contribution in [3.05, 3.63) is 54.1 Å². The lowest BCUT2D eigenvalue weighted by Gasteiger charge is -2.21. The number of para-hydroxylation sites is 1. The molecule has 1 aliphatic rings. The molecule has 5 nitrogen and oxygen atoms in total. The zero-order valence-electron chi connectivity index (χ0n) is 13.7. The predicted octanol–water partition coefficient (Wildman–Crippen LogP) is 3.10. The fourth-order valence-electron chi connectivity index (χ4n) is 2.50. The molecule has 1 atom stereocenters. The highest BCUT2D eigenvalue weighted by molar-refractivity contribution is 5.76. The lowest BCUT2D eigenvalue weighted by molar-refractivity contribution is -0.122. The summed E-state index contributed by atoms with van der Waals surface area (Å²) in [5.74, 6) is 2.20. The zero-order valence-corrected chi connectivity index (χ0v) is 13.7. The fraction of sp³-hybridized carbons (Fsp3) is 0.316. The second-order valence-electron chi connectivity index (χ2n) is 5.60. The van der Waals surface area contributed by atoms with Gasteiger partial charge in [0, 0.05) is 0 Å². The van der Waals surface area contributed by atoms with Gasteiger partial charge in [0.05, 0.1) is 19.1 Å². The van der Waals surface area contributed by atoms with E-state index >= 15 is 0 Å². The second-order valence-corrected chi connectivity index (χ2v) is 5.60. The Hall–Kier alpha value is -2.69. The molecule has 0 aliphatic carbocycles. The van der Waals surface area contributed by atoms with Crippen molar-refractivity contribution in [3.63, 3.8) is 0 Å². The van der Waals surface area contributed by atoms with Crippen molar-refractivity contribution in [1.29, 1.82) is 0 Å². The first kappa shape index (κ1) is 16.2. The number of benzene rings is 2. The van der Waals surface area contributed by atoms with Crippen molar-refractivity contribution in [3.8, 4) is 17.2 Å². The summed E-state index contributed by atoms with van der Waals surface area (Å²) < 4.78 is 16.6. The first-order chi connectivity index (χ1) is 11.7. The largest absolute Gasteiger partial charge is 0.493 e. The van der Waals surface area contributed by atoms with Crippen LogP contribution in [0.1, 0.15) is 24.9 Å². The minimum atomic E-state index is -0.106. The summed E-state index contributed by atoms with van der Waals surface area (Å²) in [7, 11) is 0. The molecule has 0 bridgehead atoms. The van der Waals surface area contributed by atoms with Crippen LogP contribution in [0.3, 0.4) is 0 Å². The number of nitrogens with one attached hydrogen (secondary N) is 1. The van der Waals surface area contributed by atoms with Crippen LogP contribution in [0.5, 0.6) is 17.2 Å². The average Bonchev–Trinajstić information content (AvgIpc) is 2.62. The fourth-order valence-corrected chi connectivity index (χ4v) is 2.50. The standard InChI is InChI=1S/C19H21NO4/c1-14(15-7-8-17-18(13-15)24-12-11-23-17)20-19(21)9-10-22-16-5-3-2-4-6-16/h2-8,13-14H,9-12H2,1H3,(H,20,21). The van der Waals surface area contributed by atoms with Gasteiger partial charge in [0.25, 0.3) is 0 Å². The van der Waals surface area contributed by atoms with Crippen LogP contribution in [-0.2, 0) is 4.79 Å². The van der Waals surface area contributed by atoms with Crippen molar-refractivity contribution in [2.45, 2.75) is 19.4 Å². The van der Waals surface area contributed by atoms with E-state index in [-0.39, 0.29) is 11.9 Å². The summed E-state index contributed by atoms with van der Waals surface area (Å²) >= 11 is 0. The molecule has 1 heterocycles. The van der Waals surface area contributed by atoms with E-state index in [0.29, 0.717) is 26.2 Å². The average molecular weight is 327 g/mol. The number of carbonyl (C=O) groups is 1. The molecule has 0 saturated carbocycles. The highest BCUT2D eigenvalue weighted by Crippen LogP contribution is 2.32. The topological polar surface area (TPSA) is 56.8 Å². The molecule has 2 aromatic carbocycles. The van der Waals surface area contributed by atoms with Crippen LogP contribution in [0, 0.1) is 0 Å². The van der Waals surface area contributed by atoms with Gasteiger partial charge in [-0.25, -0.2) is 0 Å². The molecule has 24 heavy (non-hydrogen) atoms. The molecule has 126 valence electrons. The third kappa shape index (κ3) is 4.19. The Morgan fingerprint density at radius 3 is 2.67 bits per heavy atom. The molecule has 3 rings (SSSR count). The molecular weight excluding hydrogens is 306 g/mol. The molecule has 0 saturated heterocycles. The monoisotopic (exact) mass is 327 g/mol. The van der Waals surface area contributed by atoms with Crippen LogP contribution in [-0.4, -0.2) is 25.7 Å². The third-order valence-electron chi connectivity index (χ3n) is 3.78. The Morgan fingerprint density at radius 1 is 1.12 bits per heavy atom. The Morgan fingerprint density at radius 2 is 1.88 bits per heavy atom. The Bertz CT molecular complexity index is 687.